The van der Waals surface area contributed by atoms with Gasteiger partial charge in [0, 0.05) is 5.56 Å². The van der Waals surface area contributed by atoms with E-state index in [1.807, 2.05) is 91.0 Å². The Morgan fingerprint density at radius 3 is 1.97 bits per heavy atom. The molecule has 0 aliphatic carbocycles. The summed E-state index contributed by atoms with van der Waals surface area (Å²) in [5.74, 6) is 0.136. The van der Waals surface area contributed by atoms with E-state index in [1.54, 1.807) is 0 Å². The Labute approximate surface area is 221 Å². The van der Waals surface area contributed by atoms with E-state index in [9.17, 15) is 4.79 Å². The van der Waals surface area contributed by atoms with Crippen molar-refractivity contribution in [3.63, 3.8) is 0 Å². The molecule has 0 bridgehead atoms. The van der Waals surface area contributed by atoms with E-state index in [4.69, 9.17) is 21.4 Å². The molecule has 0 aliphatic rings. The predicted molar refractivity (Wildman–Crippen MR) is 133 cm³/mol. The van der Waals surface area contributed by atoms with Gasteiger partial charge in [0.15, 0.2) is 5.82 Å². The van der Waals surface area contributed by atoms with Crippen LogP contribution < -0.4 is 4.74 Å². The zero-order chi connectivity index (χ0) is 23.9. The largest absolute Gasteiger partial charge is 2.00 e. The number of aliphatic carboxylic acids is 1. The van der Waals surface area contributed by atoms with Crippen molar-refractivity contribution in [3.8, 4) is 17.3 Å². The van der Waals surface area contributed by atoms with Crippen molar-refractivity contribution >= 4 is 17.6 Å². The minimum absolute atomic E-state index is 0. The molecule has 1 N–H and O–H groups in total. The molecule has 7 heteroatoms. The van der Waals surface area contributed by atoms with Crippen LogP contribution >= 0.6 is 11.6 Å². The number of aromatic nitrogens is 2. The van der Waals surface area contributed by atoms with E-state index in [2.05, 4.69) is 23.8 Å². The summed E-state index contributed by atoms with van der Waals surface area (Å²) < 4.78 is 5.69. The van der Waals surface area contributed by atoms with E-state index < -0.39 is 5.97 Å². The second kappa shape index (κ2) is 16.8. The SMILES string of the molecule is CC(C)CCOc1nc(-c2ccccc2)nc(Cl)c1CC(=O)O.[Ti+2].c1cc[cH-]c1.c1cc[cH-]c1. The van der Waals surface area contributed by atoms with Gasteiger partial charge in [-0.25, -0.2) is 29.2 Å². The number of carboxylic acid groups (broad SMARTS) is 1. The molecule has 34 heavy (non-hydrogen) atoms. The number of carbonyl (C=O) groups is 1. The first-order chi connectivity index (χ1) is 16.0. The number of hydrogen-bond donors (Lipinski definition) is 1. The number of nitrogens with zero attached hydrogens (tertiary/aromatic N) is 2. The van der Waals surface area contributed by atoms with Crippen LogP contribution in [-0.4, -0.2) is 27.7 Å². The van der Waals surface area contributed by atoms with Crippen molar-refractivity contribution in [2.45, 2.75) is 26.7 Å². The fourth-order valence-corrected chi connectivity index (χ4v) is 2.83. The molecule has 3 aromatic carbocycles. The third-order valence-corrected chi connectivity index (χ3v) is 4.64. The van der Waals surface area contributed by atoms with Crippen LogP contribution in [0.4, 0.5) is 0 Å². The van der Waals surface area contributed by atoms with Crippen LogP contribution in [0.1, 0.15) is 25.8 Å². The third-order valence-electron chi connectivity index (χ3n) is 4.32. The van der Waals surface area contributed by atoms with E-state index >= 15 is 0 Å². The molecule has 176 valence electrons. The van der Waals surface area contributed by atoms with Crippen molar-refractivity contribution < 1.29 is 36.4 Å². The Morgan fingerprint density at radius 2 is 1.53 bits per heavy atom. The molecule has 0 fully saturated rings. The predicted octanol–water partition coefficient (Wildman–Crippen LogP) is 6.66. The minimum Gasteiger partial charge on any atom is -0.481 e. The molecule has 0 unspecified atom stereocenters. The van der Waals surface area contributed by atoms with Crippen molar-refractivity contribution in [1.29, 1.82) is 0 Å². The number of hydrogen-bond acceptors (Lipinski definition) is 4. The van der Waals surface area contributed by atoms with Crippen molar-refractivity contribution in [2.75, 3.05) is 6.61 Å². The Morgan fingerprint density at radius 1 is 0.971 bits per heavy atom. The Hall–Kier alpha value is -2.73. The summed E-state index contributed by atoms with van der Waals surface area (Å²) in [6.07, 6.45) is 0.569. The van der Waals surface area contributed by atoms with Crippen LogP contribution in [0.5, 0.6) is 5.88 Å². The first-order valence-corrected chi connectivity index (χ1v) is 11.1. The Kier molecular flexibility index (Phi) is 14.5. The van der Waals surface area contributed by atoms with Crippen LogP contribution in [0, 0.1) is 5.92 Å². The quantitative estimate of drug-likeness (QED) is 0.170. The molecule has 0 saturated carbocycles. The summed E-state index contributed by atoms with van der Waals surface area (Å²) in [7, 11) is 0. The van der Waals surface area contributed by atoms with Gasteiger partial charge >= 0.3 is 27.7 Å². The molecule has 0 atom stereocenters. The fourth-order valence-electron chi connectivity index (χ4n) is 2.61. The molecule has 0 amide bonds. The Bertz CT molecular complexity index is 977. The Balaban J connectivity index is 0.000000430. The number of ether oxygens (including phenoxy) is 1. The van der Waals surface area contributed by atoms with Gasteiger partial charge in [-0.1, -0.05) is 55.8 Å². The van der Waals surface area contributed by atoms with Gasteiger partial charge in [-0.3, -0.25) is 4.79 Å². The summed E-state index contributed by atoms with van der Waals surface area (Å²) in [4.78, 5) is 19.6. The molecule has 0 aliphatic heterocycles. The molecular weight excluding hydrogens is 484 g/mol. The maximum atomic E-state index is 11.0. The van der Waals surface area contributed by atoms with Gasteiger partial charge in [-0.05, 0) is 12.3 Å². The summed E-state index contributed by atoms with van der Waals surface area (Å²) in [6, 6.07) is 29.4. The maximum Gasteiger partial charge on any atom is 2.00 e. The molecule has 1 aromatic heterocycles. The first kappa shape index (κ1) is 29.3. The first-order valence-electron chi connectivity index (χ1n) is 10.8. The molecule has 4 rings (SSSR count). The van der Waals surface area contributed by atoms with Crippen LogP contribution in [0.15, 0.2) is 91.0 Å². The summed E-state index contributed by atoms with van der Waals surface area (Å²) in [6.45, 7) is 4.62. The van der Waals surface area contributed by atoms with Gasteiger partial charge in [0.05, 0.1) is 18.6 Å². The normalized spacial score (nSPS) is 9.65. The molecular formula is C27H29ClN2O3Ti. The number of carboxylic acids is 1. The monoisotopic (exact) mass is 512 g/mol. The van der Waals surface area contributed by atoms with Crippen LogP contribution in [0.2, 0.25) is 5.15 Å². The average molecular weight is 513 g/mol. The van der Waals surface area contributed by atoms with E-state index in [0.717, 1.165) is 12.0 Å². The molecule has 0 saturated heterocycles. The maximum absolute atomic E-state index is 11.0. The van der Waals surface area contributed by atoms with Crippen molar-refractivity contribution in [2.24, 2.45) is 5.92 Å². The third kappa shape index (κ3) is 11.4. The summed E-state index contributed by atoms with van der Waals surface area (Å²) >= 11 is 6.18. The molecule has 5 nitrogen and oxygen atoms in total. The van der Waals surface area contributed by atoms with E-state index in [0.29, 0.717) is 23.9 Å². The zero-order valence-corrected chi connectivity index (χ0v) is 21.7. The smallest absolute Gasteiger partial charge is 0.481 e. The van der Waals surface area contributed by atoms with Gasteiger partial charge in [0.1, 0.15) is 5.15 Å². The standard InChI is InChI=1S/C17H19ClN2O3.2C5H5.Ti/c1-11(2)8-9-23-17-13(10-14(21)22)15(18)19-16(20-17)12-6-4-3-5-7-12;2*1-2-4-5-3-1;/h3-7,11H,8-10H2,1-2H3,(H,21,22);2*1-5H;/q;2*-1;+2. The second-order valence-corrected chi connectivity index (χ2v) is 7.87. The topological polar surface area (TPSA) is 72.3 Å². The molecule has 4 aromatic rings. The van der Waals surface area contributed by atoms with Crippen LogP contribution in [0.25, 0.3) is 11.4 Å². The minimum atomic E-state index is -1.00. The summed E-state index contributed by atoms with van der Waals surface area (Å²) in [5, 5.41) is 9.16. The van der Waals surface area contributed by atoms with Crippen LogP contribution in [0.3, 0.4) is 0 Å². The van der Waals surface area contributed by atoms with Crippen molar-refractivity contribution in [1.82, 2.24) is 9.97 Å². The zero-order valence-electron chi connectivity index (χ0n) is 19.4. The van der Waals surface area contributed by atoms with Crippen LogP contribution in [-0.2, 0) is 32.9 Å². The molecule has 0 radical (unpaired) electrons. The average Bonchev–Trinajstić information content (AvgIpc) is 3.55. The van der Waals surface area contributed by atoms with Gasteiger partial charge in [0.25, 0.3) is 0 Å². The van der Waals surface area contributed by atoms with E-state index in [-0.39, 0.29) is 39.2 Å². The number of halogens is 1. The number of rotatable bonds is 7. The van der Waals surface area contributed by atoms with Gasteiger partial charge in [-0.2, -0.15) is 41.4 Å². The second-order valence-electron chi connectivity index (χ2n) is 7.51. The number of benzene rings is 1. The fraction of sp³-hybridized carbons (Fsp3) is 0.222. The van der Waals surface area contributed by atoms with Gasteiger partial charge < -0.3 is 9.84 Å². The van der Waals surface area contributed by atoms with Crippen molar-refractivity contribution in [3.05, 3.63) is 102 Å². The van der Waals surface area contributed by atoms with Gasteiger partial charge in [0.2, 0.25) is 5.88 Å². The summed E-state index contributed by atoms with van der Waals surface area (Å²) in [5.41, 5.74) is 1.10. The van der Waals surface area contributed by atoms with E-state index in [1.165, 1.54) is 0 Å². The van der Waals surface area contributed by atoms with Gasteiger partial charge in [-0.15, -0.1) is 0 Å². The molecule has 0 spiro atoms. The molecule has 1 heterocycles.